The summed E-state index contributed by atoms with van der Waals surface area (Å²) in [6, 6.07) is 38.4. The molecule has 0 saturated carbocycles. The molecule has 0 atom stereocenters. The molecule has 7 aromatic rings. The zero-order valence-corrected chi connectivity index (χ0v) is 32.0. The minimum absolute atomic E-state index is 0.0289. The first-order valence-electron chi connectivity index (χ1n) is 19.8. The summed E-state index contributed by atoms with van der Waals surface area (Å²) in [5, 5.41) is 2.67. The maximum Gasteiger partial charge on any atom is 0.329 e. The lowest BCUT2D eigenvalue weighted by Crippen LogP contribution is -2.68. The smallest absolute Gasteiger partial charge is 0.329 e. The molecule has 0 spiro atoms. The fraction of sp³-hybridized carbons (Fsp3) is 0.250. The Hall–Kier alpha value is -5.15. The summed E-state index contributed by atoms with van der Waals surface area (Å²) < 4.78 is 9.48. The van der Waals surface area contributed by atoms with E-state index in [0.29, 0.717) is 23.8 Å². The summed E-state index contributed by atoms with van der Waals surface area (Å²) in [6.07, 6.45) is 0. The number of ether oxygens (including phenoxy) is 1. The lowest BCUT2D eigenvalue weighted by atomic mass is 9.31. The highest BCUT2D eigenvalue weighted by Gasteiger charge is 2.52. The van der Waals surface area contributed by atoms with Crippen LogP contribution in [0.2, 0.25) is 0 Å². The third kappa shape index (κ3) is 4.03. The van der Waals surface area contributed by atoms with Gasteiger partial charge in [-0.2, -0.15) is 0 Å². The monoisotopic (exact) mass is 686 g/mol. The van der Waals surface area contributed by atoms with Crippen molar-refractivity contribution in [2.45, 2.75) is 79.2 Å². The lowest BCUT2D eigenvalue weighted by Gasteiger charge is -2.50. The normalized spacial score (nSPS) is 14.4. The Balaban J connectivity index is 1.33. The molecule has 0 unspecified atom stereocenters. The molecular formula is C48H44B2N2O. The molecule has 0 aliphatic carbocycles. The van der Waals surface area contributed by atoms with E-state index in [-0.39, 0.29) is 13.6 Å². The topological polar surface area (TPSA) is 17.4 Å². The molecular weight excluding hydrogens is 642 g/mol. The molecule has 0 N–H and O–H groups in total. The van der Waals surface area contributed by atoms with Gasteiger partial charge in [-0.15, -0.1) is 0 Å². The third-order valence-electron chi connectivity index (χ3n) is 12.9. The van der Waals surface area contributed by atoms with Crippen LogP contribution in [0.3, 0.4) is 0 Å². The summed E-state index contributed by atoms with van der Waals surface area (Å²) in [5.41, 5.74) is 21.7. The molecule has 5 heterocycles. The van der Waals surface area contributed by atoms with Crippen LogP contribution in [0.15, 0.2) is 97.1 Å². The molecule has 4 aliphatic rings. The molecule has 11 rings (SSSR count). The molecule has 6 aromatic carbocycles. The van der Waals surface area contributed by atoms with Crippen LogP contribution in [0.5, 0.6) is 11.5 Å². The van der Waals surface area contributed by atoms with Gasteiger partial charge in [-0.05, 0) is 129 Å². The zero-order valence-electron chi connectivity index (χ0n) is 32.0. The standard InChI is InChI=1S/C48H44B2N2O/c1-25(2)29-13-15-32-34-16-18-45-46-48(34)52-47-37(19-31(27(5)6)22-41(47)49(46)40-21-30(26(3)4)14-17-44(40)53-45)35-23-36-33-11-9-10-12-42(33)51(28(7)8)43(36)24-39(35)50(52)38(32)20-29/h9-28H,1-8H3. The van der Waals surface area contributed by atoms with E-state index < -0.39 is 0 Å². The molecule has 1 aromatic heterocycles. The average molecular weight is 687 g/mol. The second kappa shape index (κ2) is 10.7. The van der Waals surface area contributed by atoms with Gasteiger partial charge < -0.3 is 14.1 Å². The maximum absolute atomic E-state index is 6.92. The van der Waals surface area contributed by atoms with Gasteiger partial charge >= 0.3 is 6.85 Å². The van der Waals surface area contributed by atoms with Crippen molar-refractivity contribution < 1.29 is 4.74 Å². The fourth-order valence-corrected chi connectivity index (χ4v) is 10.3. The summed E-state index contributed by atoms with van der Waals surface area (Å²) >= 11 is 0. The van der Waals surface area contributed by atoms with Gasteiger partial charge in [0.15, 0.2) is 0 Å². The van der Waals surface area contributed by atoms with Crippen LogP contribution in [-0.4, -0.2) is 18.1 Å². The van der Waals surface area contributed by atoms with Crippen LogP contribution >= 0.6 is 0 Å². The second-order valence-electron chi connectivity index (χ2n) is 17.2. The maximum atomic E-state index is 6.92. The number of anilines is 2. The van der Waals surface area contributed by atoms with E-state index in [0.717, 1.165) is 11.5 Å². The highest BCUT2D eigenvalue weighted by atomic mass is 16.5. The molecule has 0 bridgehead atoms. The van der Waals surface area contributed by atoms with Crippen molar-refractivity contribution in [3.8, 4) is 33.8 Å². The van der Waals surface area contributed by atoms with Crippen LogP contribution < -0.4 is 36.9 Å². The summed E-state index contributed by atoms with van der Waals surface area (Å²) in [6.45, 7) is 18.7. The molecule has 5 heteroatoms. The van der Waals surface area contributed by atoms with Crippen molar-refractivity contribution >= 4 is 74.1 Å². The van der Waals surface area contributed by atoms with Gasteiger partial charge in [-0.1, -0.05) is 96.1 Å². The number of hydrogen-bond donors (Lipinski definition) is 0. The van der Waals surface area contributed by atoms with Gasteiger partial charge in [0.1, 0.15) is 11.5 Å². The quantitative estimate of drug-likeness (QED) is 0.172. The van der Waals surface area contributed by atoms with Crippen molar-refractivity contribution in [2.24, 2.45) is 0 Å². The van der Waals surface area contributed by atoms with Crippen LogP contribution in [0, 0.1) is 0 Å². The summed E-state index contributed by atoms with van der Waals surface area (Å²) in [5.74, 6) is 3.21. The lowest BCUT2D eigenvalue weighted by molar-refractivity contribution is 0.487. The van der Waals surface area contributed by atoms with Gasteiger partial charge in [0, 0.05) is 50.3 Å². The zero-order chi connectivity index (χ0) is 36.2. The van der Waals surface area contributed by atoms with Crippen molar-refractivity contribution in [3.63, 3.8) is 0 Å². The number of fused-ring (bicyclic) bond motifs is 12. The molecule has 0 radical (unpaired) electrons. The van der Waals surface area contributed by atoms with Crippen molar-refractivity contribution in [2.75, 3.05) is 4.81 Å². The van der Waals surface area contributed by atoms with E-state index in [4.69, 9.17) is 4.74 Å². The number of nitrogens with zero attached hydrogens (tertiary/aromatic N) is 2. The van der Waals surface area contributed by atoms with Crippen molar-refractivity contribution in [1.82, 2.24) is 4.57 Å². The third-order valence-corrected chi connectivity index (χ3v) is 12.9. The Labute approximate surface area is 313 Å². The largest absolute Gasteiger partial charge is 0.458 e. The van der Waals surface area contributed by atoms with E-state index in [1.54, 1.807) is 0 Å². The SMILES string of the molecule is CC(C)c1ccc2c(c1)B1c3cc(C(C)C)cc4c3N3B(c5cc6c(cc5-4)c4ccccc4n6C(C)C)c4cc(C(C)C)ccc4-c4ccc(c1c43)O2. The molecule has 4 aliphatic heterocycles. The fourth-order valence-electron chi connectivity index (χ4n) is 10.3. The Kier molecular flexibility index (Phi) is 6.35. The van der Waals surface area contributed by atoms with Crippen LogP contribution in [-0.2, 0) is 0 Å². The minimum atomic E-state index is 0.0289. The molecule has 0 amide bonds. The Morgan fingerprint density at radius 2 is 1.15 bits per heavy atom. The summed E-state index contributed by atoms with van der Waals surface area (Å²) in [7, 11) is 0. The van der Waals surface area contributed by atoms with E-state index in [9.17, 15) is 0 Å². The second-order valence-corrected chi connectivity index (χ2v) is 17.2. The highest BCUT2D eigenvalue weighted by Crippen LogP contribution is 2.51. The minimum Gasteiger partial charge on any atom is -0.458 e. The predicted molar refractivity (Wildman–Crippen MR) is 228 cm³/mol. The predicted octanol–water partition coefficient (Wildman–Crippen LogP) is 9.59. The van der Waals surface area contributed by atoms with E-state index >= 15 is 0 Å². The van der Waals surface area contributed by atoms with Crippen molar-refractivity contribution in [3.05, 3.63) is 114 Å². The number of hydrogen-bond acceptors (Lipinski definition) is 2. The van der Waals surface area contributed by atoms with Crippen LogP contribution in [0.4, 0.5) is 11.4 Å². The Morgan fingerprint density at radius 1 is 0.491 bits per heavy atom. The van der Waals surface area contributed by atoms with Gasteiger partial charge in [-0.3, -0.25) is 0 Å². The van der Waals surface area contributed by atoms with Gasteiger partial charge in [0.25, 0.3) is 6.71 Å². The van der Waals surface area contributed by atoms with Gasteiger partial charge in [0.05, 0.1) is 0 Å². The number of aromatic nitrogens is 1. The first kappa shape index (κ1) is 31.4. The number of benzene rings is 6. The molecule has 0 fully saturated rings. The number of para-hydroxylation sites is 1. The molecule has 258 valence electrons. The van der Waals surface area contributed by atoms with Gasteiger partial charge in [0.2, 0.25) is 0 Å². The van der Waals surface area contributed by atoms with Crippen LogP contribution in [0.1, 0.15) is 95.9 Å². The first-order valence-corrected chi connectivity index (χ1v) is 19.8. The highest BCUT2D eigenvalue weighted by molar-refractivity contribution is 7.02. The molecule has 3 nitrogen and oxygen atoms in total. The Morgan fingerprint density at radius 3 is 1.91 bits per heavy atom. The van der Waals surface area contributed by atoms with Crippen LogP contribution in [0.25, 0.3) is 44.1 Å². The Bertz CT molecular complexity index is 2750. The number of rotatable bonds is 4. The van der Waals surface area contributed by atoms with E-state index in [2.05, 4.69) is 162 Å². The van der Waals surface area contributed by atoms with E-state index in [1.165, 1.54) is 99.4 Å². The summed E-state index contributed by atoms with van der Waals surface area (Å²) in [4.78, 5) is 2.75. The molecule has 53 heavy (non-hydrogen) atoms. The average Bonchev–Trinajstić information content (AvgIpc) is 3.48. The van der Waals surface area contributed by atoms with E-state index in [1.807, 2.05) is 0 Å². The van der Waals surface area contributed by atoms with Crippen molar-refractivity contribution in [1.29, 1.82) is 0 Å². The van der Waals surface area contributed by atoms with Gasteiger partial charge in [-0.25, -0.2) is 0 Å². The molecule has 0 saturated heterocycles. The first-order chi connectivity index (χ1) is 25.6.